The Morgan fingerprint density at radius 1 is 1.03 bits per heavy atom. The monoisotopic (exact) mass is 500 g/mol. The van der Waals surface area contributed by atoms with Gasteiger partial charge < -0.3 is 4.74 Å². The molecule has 4 saturated carbocycles. The summed E-state index contributed by atoms with van der Waals surface area (Å²) in [6.07, 6.45) is 9.84. The molecule has 4 aliphatic rings. The SMILES string of the molecule is CC(=O)OC1CCC2(C)C(CCC3C4CCC(=NNS(=O)(=O)c5ccc(C)cc5)C4(C)CCC32)C1. The van der Waals surface area contributed by atoms with Gasteiger partial charge in [0.25, 0.3) is 10.0 Å². The molecule has 6 nitrogen and oxygen atoms in total. The van der Waals surface area contributed by atoms with Gasteiger partial charge in [0.1, 0.15) is 6.10 Å². The maximum Gasteiger partial charge on any atom is 0.302 e. The van der Waals surface area contributed by atoms with E-state index in [9.17, 15) is 13.2 Å². The number of carbonyl (C=O) groups is 1. The van der Waals surface area contributed by atoms with E-state index in [-0.39, 0.29) is 22.4 Å². The van der Waals surface area contributed by atoms with Crippen LogP contribution in [0, 0.1) is 41.4 Å². The van der Waals surface area contributed by atoms with Crippen LogP contribution < -0.4 is 4.83 Å². The van der Waals surface area contributed by atoms with E-state index < -0.39 is 10.0 Å². The van der Waals surface area contributed by atoms with Crippen molar-refractivity contribution in [1.29, 1.82) is 0 Å². The van der Waals surface area contributed by atoms with Crippen molar-refractivity contribution in [2.24, 2.45) is 39.6 Å². The predicted molar refractivity (Wildman–Crippen MR) is 136 cm³/mol. The molecule has 7 heteroatoms. The van der Waals surface area contributed by atoms with Crippen molar-refractivity contribution in [2.45, 2.75) is 96.5 Å². The lowest BCUT2D eigenvalue weighted by atomic mass is 9.45. The minimum atomic E-state index is -3.67. The third-order valence-corrected chi connectivity index (χ3v) is 11.5. The van der Waals surface area contributed by atoms with Gasteiger partial charge in [-0.05, 0) is 106 Å². The van der Waals surface area contributed by atoms with E-state index in [1.807, 2.05) is 19.1 Å². The van der Waals surface area contributed by atoms with E-state index in [4.69, 9.17) is 4.74 Å². The van der Waals surface area contributed by atoms with E-state index >= 15 is 0 Å². The summed E-state index contributed by atoms with van der Waals surface area (Å²) in [6, 6.07) is 6.90. The number of fused-ring (bicyclic) bond motifs is 5. The molecule has 1 aromatic carbocycles. The van der Waals surface area contributed by atoms with Crippen LogP contribution in [0.15, 0.2) is 34.3 Å². The van der Waals surface area contributed by atoms with Crippen LogP contribution in [0.5, 0.6) is 0 Å². The molecule has 0 saturated heterocycles. The molecular weight excluding hydrogens is 460 g/mol. The first-order valence-corrected chi connectivity index (χ1v) is 14.8. The minimum absolute atomic E-state index is 0.0326. The number of esters is 1. The standard InChI is InChI=1S/C28H40N2O4S/c1-18-5-8-22(9-6-18)35(32,33)30-29-26-12-11-24-23-10-7-20-17-21(34-19(2)31)13-15-27(20,3)25(23)14-16-28(24,26)4/h5-6,8-9,20-21,23-25,30H,7,10-17H2,1-4H3. The zero-order chi connectivity index (χ0) is 25.0. The van der Waals surface area contributed by atoms with Crippen LogP contribution >= 0.6 is 0 Å². The normalized spacial score (nSPS) is 39.9. The van der Waals surface area contributed by atoms with Crippen LogP contribution in [0.2, 0.25) is 0 Å². The van der Waals surface area contributed by atoms with E-state index in [2.05, 4.69) is 23.8 Å². The number of benzene rings is 1. The van der Waals surface area contributed by atoms with Crippen LogP contribution in [-0.2, 0) is 19.6 Å². The number of carbonyl (C=O) groups excluding carboxylic acids is 1. The number of rotatable bonds is 4. The number of hydrogen-bond acceptors (Lipinski definition) is 5. The average Bonchev–Trinajstić information content (AvgIpc) is 3.14. The second-order valence-corrected chi connectivity index (χ2v) is 13.8. The van der Waals surface area contributed by atoms with Gasteiger partial charge in [-0.25, -0.2) is 4.83 Å². The van der Waals surface area contributed by atoms with Gasteiger partial charge in [-0.2, -0.15) is 13.5 Å². The second kappa shape index (κ2) is 8.89. The van der Waals surface area contributed by atoms with Gasteiger partial charge in [0, 0.05) is 18.1 Å². The van der Waals surface area contributed by atoms with Crippen molar-refractivity contribution in [2.75, 3.05) is 0 Å². The van der Waals surface area contributed by atoms with Gasteiger partial charge in [0.2, 0.25) is 0 Å². The maximum atomic E-state index is 12.8. The molecule has 35 heavy (non-hydrogen) atoms. The summed E-state index contributed by atoms with van der Waals surface area (Å²) >= 11 is 0. The molecule has 0 aromatic heterocycles. The Bertz CT molecular complexity index is 1110. The molecule has 5 rings (SSSR count). The van der Waals surface area contributed by atoms with Crippen molar-refractivity contribution >= 4 is 21.7 Å². The largest absolute Gasteiger partial charge is 0.463 e. The van der Waals surface area contributed by atoms with Crippen LogP contribution in [0.4, 0.5) is 0 Å². The van der Waals surface area contributed by atoms with E-state index in [1.54, 1.807) is 12.1 Å². The molecule has 0 radical (unpaired) electrons. The van der Waals surface area contributed by atoms with Crippen LogP contribution in [0.25, 0.3) is 0 Å². The van der Waals surface area contributed by atoms with Gasteiger partial charge in [0.15, 0.2) is 0 Å². The zero-order valence-corrected chi connectivity index (χ0v) is 22.4. The third-order valence-electron chi connectivity index (χ3n) is 10.3. The minimum Gasteiger partial charge on any atom is -0.463 e. The van der Waals surface area contributed by atoms with Crippen molar-refractivity contribution in [1.82, 2.24) is 4.83 Å². The number of aryl methyl sites for hydroxylation is 1. The lowest BCUT2D eigenvalue weighted by molar-refractivity contribution is -0.158. The number of ether oxygens (including phenoxy) is 1. The van der Waals surface area contributed by atoms with Crippen molar-refractivity contribution in [3.8, 4) is 0 Å². The summed E-state index contributed by atoms with van der Waals surface area (Å²) in [4.78, 5) is 14.3. The molecule has 1 aromatic rings. The van der Waals surface area contributed by atoms with Gasteiger partial charge >= 0.3 is 5.97 Å². The zero-order valence-electron chi connectivity index (χ0n) is 21.5. The maximum absolute atomic E-state index is 12.8. The van der Waals surface area contributed by atoms with Crippen molar-refractivity contribution in [3.05, 3.63) is 29.8 Å². The molecule has 4 fully saturated rings. The lowest BCUT2D eigenvalue weighted by Gasteiger charge is -2.60. The number of nitrogens with one attached hydrogen (secondary N) is 1. The van der Waals surface area contributed by atoms with Crippen molar-refractivity contribution < 1.29 is 17.9 Å². The van der Waals surface area contributed by atoms with Crippen LogP contribution in [-0.4, -0.2) is 26.2 Å². The smallest absolute Gasteiger partial charge is 0.302 e. The molecule has 0 heterocycles. The van der Waals surface area contributed by atoms with E-state index in [0.717, 1.165) is 49.8 Å². The first-order valence-electron chi connectivity index (χ1n) is 13.4. The Balaban J connectivity index is 1.31. The summed E-state index contributed by atoms with van der Waals surface area (Å²) in [5.74, 6) is 2.40. The van der Waals surface area contributed by atoms with Gasteiger partial charge in [-0.1, -0.05) is 31.5 Å². The first kappa shape index (κ1) is 24.8. The summed E-state index contributed by atoms with van der Waals surface area (Å²) in [7, 11) is -3.67. The summed E-state index contributed by atoms with van der Waals surface area (Å²) in [5, 5.41) is 4.55. The Morgan fingerprint density at radius 2 is 1.77 bits per heavy atom. The van der Waals surface area contributed by atoms with Crippen LogP contribution in [0.1, 0.15) is 84.1 Å². The predicted octanol–water partition coefficient (Wildman–Crippen LogP) is 5.60. The summed E-state index contributed by atoms with van der Waals surface area (Å²) in [5.41, 5.74) is 2.34. The van der Waals surface area contributed by atoms with E-state index in [1.165, 1.54) is 26.2 Å². The number of nitrogens with zero attached hydrogens (tertiary/aromatic N) is 1. The Morgan fingerprint density at radius 3 is 2.49 bits per heavy atom. The number of hydrogen-bond donors (Lipinski definition) is 1. The van der Waals surface area contributed by atoms with Crippen LogP contribution in [0.3, 0.4) is 0 Å². The molecule has 1 N–H and O–H groups in total. The summed E-state index contributed by atoms with van der Waals surface area (Å²) in [6.45, 7) is 8.29. The van der Waals surface area contributed by atoms with Gasteiger partial charge in [0.05, 0.1) is 4.90 Å². The number of sulfonamides is 1. The van der Waals surface area contributed by atoms with E-state index in [0.29, 0.717) is 29.1 Å². The lowest BCUT2D eigenvalue weighted by Crippen LogP contribution is -2.54. The average molecular weight is 501 g/mol. The second-order valence-electron chi connectivity index (χ2n) is 12.1. The highest BCUT2D eigenvalue weighted by atomic mass is 32.2. The Kier molecular flexibility index (Phi) is 6.30. The molecule has 0 bridgehead atoms. The molecule has 0 spiro atoms. The Labute approximate surface area is 210 Å². The quantitative estimate of drug-likeness (QED) is 0.431. The highest BCUT2D eigenvalue weighted by molar-refractivity contribution is 7.89. The fraction of sp³-hybridized carbons (Fsp3) is 0.714. The fourth-order valence-electron chi connectivity index (χ4n) is 8.42. The molecule has 7 unspecified atom stereocenters. The molecule has 0 aliphatic heterocycles. The fourth-order valence-corrected chi connectivity index (χ4v) is 9.25. The molecule has 4 aliphatic carbocycles. The summed E-state index contributed by atoms with van der Waals surface area (Å²) < 4.78 is 31.3. The molecule has 192 valence electrons. The van der Waals surface area contributed by atoms with Crippen molar-refractivity contribution in [3.63, 3.8) is 0 Å². The molecule has 7 atom stereocenters. The first-order chi connectivity index (χ1) is 16.5. The third kappa shape index (κ3) is 4.32. The number of hydrazone groups is 1. The molecular formula is C28H40N2O4S. The topological polar surface area (TPSA) is 84.8 Å². The van der Waals surface area contributed by atoms with Gasteiger partial charge in [-0.3, -0.25) is 4.79 Å². The van der Waals surface area contributed by atoms with Gasteiger partial charge in [-0.15, -0.1) is 0 Å². The highest BCUT2D eigenvalue weighted by Gasteiger charge is 2.59. The molecule has 0 amide bonds. The highest BCUT2D eigenvalue weighted by Crippen LogP contribution is 2.65. The Hall–Kier alpha value is -1.89.